The summed E-state index contributed by atoms with van der Waals surface area (Å²) in [7, 11) is 0. The summed E-state index contributed by atoms with van der Waals surface area (Å²) in [6.45, 7) is 5.90. The van der Waals surface area contributed by atoms with E-state index in [-0.39, 0.29) is 28.0 Å². The second-order valence-corrected chi connectivity index (χ2v) is 8.48. The molecule has 0 bridgehead atoms. The fraction of sp³-hybridized carbons (Fsp3) is 0.261. The number of hydrogen-bond acceptors (Lipinski definition) is 4. The van der Waals surface area contributed by atoms with Gasteiger partial charge < -0.3 is 4.74 Å². The topological polar surface area (TPSA) is 59.0 Å². The number of nitrogens with zero attached hydrogens (tertiary/aromatic N) is 2. The molecule has 0 radical (unpaired) electrons. The average Bonchev–Trinajstić information content (AvgIpc) is 3.11. The quantitative estimate of drug-likeness (QED) is 0.540. The van der Waals surface area contributed by atoms with Crippen molar-refractivity contribution in [1.29, 1.82) is 0 Å². The van der Waals surface area contributed by atoms with E-state index in [2.05, 4.69) is 25.0 Å². The number of halogens is 2. The summed E-state index contributed by atoms with van der Waals surface area (Å²) in [5.74, 6) is 0.632. The SMILES string of the molecule is CC1=NN(c2cc(Cl)c(Oc3ccc4c(c3)C(C(C)C)=CC4)c(Cl)c2)C(=O)CC1=O. The molecule has 1 aliphatic heterocycles. The zero-order valence-corrected chi connectivity index (χ0v) is 18.3. The molecule has 0 unspecified atom stereocenters. The molecule has 0 saturated carbocycles. The van der Waals surface area contributed by atoms with Crippen LogP contribution in [0, 0.1) is 5.92 Å². The molecule has 0 atom stereocenters. The number of amides is 1. The van der Waals surface area contributed by atoms with Crippen LogP contribution in [0.1, 0.15) is 38.3 Å². The Kier molecular flexibility index (Phi) is 5.43. The molecule has 0 spiro atoms. The smallest absolute Gasteiger partial charge is 0.255 e. The van der Waals surface area contributed by atoms with Crippen LogP contribution in [0.4, 0.5) is 5.69 Å². The van der Waals surface area contributed by atoms with Gasteiger partial charge in [-0.05, 0) is 60.2 Å². The molecule has 7 heteroatoms. The second kappa shape index (κ2) is 7.89. The highest BCUT2D eigenvalue weighted by molar-refractivity contribution is 6.44. The van der Waals surface area contributed by atoms with E-state index in [1.54, 1.807) is 19.1 Å². The highest BCUT2D eigenvalue weighted by Gasteiger charge is 2.27. The van der Waals surface area contributed by atoms with Gasteiger partial charge in [-0.25, -0.2) is 0 Å². The highest BCUT2D eigenvalue weighted by atomic mass is 35.5. The molecular formula is C23H20Cl2N2O3. The van der Waals surface area contributed by atoms with Crippen LogP contribution in [0.5, 0.6) is 11.5 Å². The first-order valence-corrected chi connectivity index (χ1v) is 10.4. The van der Waals surface area contributed by atoms with Gasteiger partial charge in [0.2, 0.25) is 0 Å². The number of Topliss-reactive ketones (excluding diaryl/α,β-unsaturated/α-hetero) is 1. The Morgan fingerprint density at radius 2 is 1.80 bits per heavy atom. The molecule has 0 aromatic heterocycles. The predicted molar refractivity (Wildman–Crippen MR) is 120 cm³/mol. The van der Waals surface area contributed by atoms with Crippen LogP contribution in [-0.4, -0.2) is 17.4 Å². The van der Waals surface area contributed by atoms with Crippen molar-refractivity contribution in [2.45, 2.75) is 33.6 Å². The standard InChI is InChI=1S/C23H20Cl2N2O3/c1-12(2)17-7-5-14-4-6-16(10-18(14)17)30-23-19(24)8-15(9-20(23)25)27-22(29)11-21(28)13(3)26-27/h4,6-10,12H,5,11H2,1-3H3. The monoisotopic (exact) mass is 442 g/mol. The molecular weight excluding hydrogens is 423 g/mol. The summed E-state index contributed by atoms with van der Waals surface area (Å²) in [5, 5.41) is 5.70. The second-order valence-electron chi connectivity index (χ2n) is 7.67. The van der Waals surface area contributed by atoms with Gasteiger partial charge >= 0.3 is 0 Å². The summed E-state index contributed by atoms with van der Waals surface area (Å²) in [4.78, 5) is 23.9. The molecule has 1 amide bonds. The maximum atomic E-state index is 12.2. The van der Waals surface area contributed by atoms with E-state index >= 15 is 0 Å². The Labute approximate surface area is 184 Å². The van der Waals surface area contributed by atoms with E-state index in [0.717, 1.165) is 11.4 Å². The molecule has 0 saturated heterocycles. The predicted octanol–water partition coefficient (Wildman–Crippen LogP) is 6.06. The largest absolute Gasteiger partial charge is 0.454 e. The number of anilines is 1. The number of carbonyl (C=O) groups excluding carboxylic acids is 2. The van der Waals surface area contributed by atoms with E-state index in [0.29, 0.717) is 23.1 Å². The first-order valence-electron chi connectivity index (χ1n) is 9.66. The lowest BCUT2D eigenvalue weighted by Crippen LogP contribution is -2.36. The summed E-state index contributed by atoms with van der Waals surface area (Å²) in [6.07, 6.45) is 2.94. The number of ether oxygens (including phenoxy) is 1. The minimum atomic E-state index is -0.432. The van der Waals surface area contributed by atoms with Crippen molar-refractivity contribution < 1.29 is 14.3 Å². The molecule has 4 rings (SSSR count). The van der Waals surface area contributed by atoms with E-state index in [4.69, 9.17) is 27.9 Å². The van der Waals surface area contributed by atoms with Gasteiger partial charge in [0.05, 0.1) is 22.2 Å². The minimum Gasteiger partial charge on any atom is -0.454 e. The Hall–Kier alpha value is -2.63. The Balaban J connectivity index is 1.64. The normalized spacial score (nSPS) is 16.0. The third-order valence-corrected chi connectivity index (χ3v) is 5.77. The van der Waals surface area contributed by atoms with Crippen molar-refractivity contribution in [3.63, 3.8) is 0 Å². The van der Waals surface area contributed by atoms with Crippen molar-refractivity contribution in [1.82, 2.24) is 0 Å². The zero-order valence-electron chi connectivity index (χ0n) is 16.8. The number of benzene rings is 2. The van der Waals surface area contributed by atoms with E-state index < -0.39 is 5.91 Å². The number of fused-ring (bicyclic) bond motifs is 1. The van der Waals surface area contributed by atoms with Gasteiger partial charge in [0, 0.05) is 0 Å². The Bertz CT molecular complexity index is 1110. The van der Waals surface area contributed by atoms with Crippen LogP contribution in [0.3, 0.4) is 0 Å². The van der Waals surface area contributed by atoms with Gasteiger partial charge in [-0.2, -0.15) is 10.1 Å². The number of ketones is 1. The molecule has 2 aliphatic rings. The summed E-state index contributed by atoms with van der Waals surface area (Å²) in [5.41, 5.74) is 4.39. The van der Waals surface area contributed by atoms with Crippen LogP contribution >= 0.6 is 23.2 Å². The Morgan fingerprint density at radius 3 is 2.47 bits per heavy atom. The molecule has 1 aliphatic carbocycles. The van der Waals surface area contributed by atoms with Crippen LogP contribution in [0.25, 0.3) is 5.57 Å². The fourth-order valence-electron chi connectivity index (χ4n) is 3.63. The van der Waals surface area contributed by atoms with Gasteiger partial charge in [-0.3, -0.25) is 9.59 Å². The van der Waals surface area contributed by atoms with E-state index in [1.165, 1.54) is 16.7 Å². The van der Waals surface area contributed by atoms with Gasteiger partial charge in [0.25, 0.3) is 5.91 Å². The van der Waals surface area contributed by atoms with Crippen LogP contribution in [0.2, 0.25) is 10.0 Å². The zero-order chi connectivity index (χ0) is 21.6. The van der Waals surface area contributed by atoms with E-state index in [1.807, 2.05) is 18.2 Å². The molecule has 0 fully saturated rings. The van der Waals surface area contributed by atoms with Gasteiger partial charge in [0.1, 0.15) is 11.5 Å². The maximum absolute atomic E-state index is 12.2. The lowest BCUT2D eigenvalue weighted by atomic mass is 9.97. The highest BCUT2D eigenvalue weighted by Crippen LogP contribution is 2.42. The van der Waals surface area contributed by atoms with Crippen LogP contribution in [-0.2, 0) is 16.0 Å². The van der Waals surface area contributed by atoms with Crippen molar-refractivity contribution in [3.05, 3.63) is 57.6 Å². The molecule has 5 nitrogen and oxygen atoms in total. The number of carbonyl (C=O) groups is 2. The third kappa shape index (κ3) is 3.75. The van der Waals surface area contributed by atoms with Crippen LogP contribution in [0.15, 0.2) is 41.5 Å². The van der Waals surface area contributed by atoms with Crippen molar-refractivity contribution in [3.8, 4) is 11.5 Å². The molecule has 1 heterocycles. The number of hydrazone groups is 1. The lowest BCUT2D eigenvalue weighted by molar-refractivity contribution is -0.124. The first-order chi connectivity index (χ1) is 14.2. The van der Waals surface area contributed by atoms with Crippen molar-refractivity contribution in [2.75, 3.05) is 5.01 Å². The maximum Gasteiger partial charge on any atom is 0.255 e. The number of rotatable bonds is 4. The van der Waals surface area contributed by atoms with Gasteiger partial charge in [-0.15, -0.1) is 0 Å². The Morgan fingerprint density at radius 1 is 1.10 bits per heavy atom. The first kappa shape index (κ1) is 20.6. The van der Waals surface area contributed by atoms with E-state index in [9.17, 15) is 9.59 Å². The summed E-state index contributed by atoms with van der Waals surface area (Å²) in [6, 6.07) is 9.06. The minimum absolute atomic E-state index is 0.232. The van der Waals surface area contributed by atoms with Crippen molar-refractivity contribution >= 4 is 51.9 Å². The van der Waals surface area contributed by atoms with Gasteiger partial charge in [-0.1, -0.05) is 49.2 Å². The molecule has 2 aromatic rings. The summed E-state index contributed by atoms with van der Waals surface area (Å²) >= 11 is 12.9. The summed E-state index contributed by atoms with van der Waals surface area (Å²) < 4.78 is 6.02. The molecule has 0 N–H and O–H groups in total. The van der Waals surface area contributed by atoms with Gasteiger partial charge in [0.15, 0.2) is 11.5 Å². The lowest BCUT2D eigenvalue weighted by Gasteiger charge is -2.22. The number of allylic oxidation sites excluding steroid dienone is 2. The number of hydrogen-bond donors (Lipinski definition) is 0. The average molecular weight is 443 g/mol. The molecule has 154 valence electrons. The van der Waals surface area contributed by atoms with Crippen LogP contribution < -0.4 is 9.75 Å². The molecule has 2 aromatic carbocycles. The third-order valence-electron chi connectivity index (χ3n) is 5.21. The fourth-order valence-corrected chi connectivity index (χ4v) is 4.18. The molecule has 30 heavy (non-hydrogen) atoms. The van der Waals surface area contributed by atoms with Crippen molar-refractivity contribution in [2.24, 2.45) is 11.0 Å².